The Labute approximate surface area is 318 Å². The largest absolute Gasteiger partial charge is 0.309 e. The highest BCUT2D eigenvalue weighted by atomic mass is 15.0. The summed E-state index contributed by atoms with van der Waals surface area (Å²) in [7, 11) is 0. The standard InChI is InChI=1S/C50H33N5/c1-3-11-37(12-4-1)48-52-49(54-50(53-48)42-16-10-14-39(32-42)36-27-29-51-30-28-36)41-15-9-13-38(31-41)34-21-23-35(24-22-34)40-25-26-45-44-19-7-8-20-46(44)55(47(45)33-40)43-17-5-2-6-18-43/h1-33H. The normalized spacial score (nSPS) is 11.3. The maximum Gasteiger partial charge on any atom is 0.164 e. The van der Waals surface area contributed by atoms with Crippen LogP contribution < -0.4 is 0 Å². The van der Waals surface area contributed by atoms with Crippen molar-refractivity contribution < 1.29 is 0 Å². The maximum absolute atomic E-state index is 5.06. The second-order valence-electron chi connectivity index (χ2n) is 13.6. The van der Waals surface area contributed by atoms with E-state index in [-0.39, 0.29) is 0 Å². The van der Waals surface area contributed by atoms with Gasteiger partial charge in [0.25, 0.3) is 0 Å². The molecular formula is C50H33N5. The Morgan fingerprint density at radius 1 is 0.291 bits per heavy atom. The van der Waals surface area contributed by atoms with Crippen LogP contribution in [0.3, 0.4) is 0 Å². The Morgan fingerprint density at radius 3 is 1.38 bits per heavy atom. The van der Waals surface area contributed by atoms with E-state index >= 15 is 0 Å². The number of nitrogens with zero attached hydrogens (tertiary/aromatic N) is 5. The molecule has 55 heavy (non-hydrogen) atoms. The first-order valence-corrected chi connectivity index (χ1v) is 18.4. The molecular weight excluding hydrogens is 671 g/mol. The van der Waals surface area contributed by atoms with Gasteiger partial charge in [-0.2, -0.15) is 0 Å². The molecule has 3 heterocycles. The summed E-state index contributed by atoms with van der Waals surface area (Å²) >= 11 is 0. The van der Waals surface area contributed by atoms with E-state index in [0.29, 0.717) is 17.5 Å². The molecule has 0 N–H and O–H groups in total. The molecule has 0 spiro atoms. The Balaban J connectivity index is 1.01. The van der Waals surface area contributed by atoms with Crippen molar-refractivity contribution in [1.82, 2.24) is 24.5 Å². The van der Waals surface area contributed by atoms with Crippen LogP contribution in [-0.2, 0) is 0 Å². The van der Waals surface area contributed by atoms with E-state index < -0.39 is 0 Å². The maximum atomic E-state index is 5.06. The highest BCUT2D eigenvalue weighted by Gasteiger charge is 2.15. The number of benzene rings is 7. The van der Waals surface area contributed by atoms with Crippen molar-refractivity contribution >= 4 is 21.8 Å². The molecule has 0 aliphatic carbocycles. The summed E-state index contributed by atoms with van der Waals surface area (Å²) in [5, 5.41) is 2.50. The second kappa shape index (κ2) is 13.8. The first kappa shape index (κ1) is 32.2. The molecule has 0 aliphatic heterocycles. The zero-order chi connectivity index (χ0) is 36.6. The molecule has 7 aromatic carbocycles. The zero-order valence-corrected chi connectivity index (χ0v) is 29.8. The Bertz CT molecular complexity index is 2950. The molecule has 5 heteroatoms. The molecule has 3 aromatic heterocycles. The zero-order valence-electron chi connectivity index (χ0n) is 29.8. The third-order valence-corrected chi connectivity index (χ3v) is 10.2. The molecule has 0 saturated carbocycles. The number of aromatic nitrogens is 5. The number of hydrogen-bond acceptors (Lipinski definition) is 4. The fraction of sp³-hybridized carbons (Fsp3) is 0. The van der Waals surface area contributed by atoms with Gasteiger partial charge in [-0.1, -0.05) is 140 Å². The van der Waals surface area contributed by atoms with Crippen molar-refractivity contribution in [2.24, 2.45) is 0 Å². The van der Waals surface area contributed by atoms with Crippen LogP contribution in [-0.4, -0.2) is 24.5 Å². The molecule has 258 valence electrons. The van der Waals surface area contributed by atoms with E-state index in [1.165, 1.54) is 27.4 Å². The molecule has 10 rings (SSSR count). The van der Waals surface area contributed by atoms with Gasteiger partial charge in [-0.05, 0) is 81.9 Å². The summed E-state index contributed by atoms with van der Waals surface area (Å²) in [6.07, 6.45) is 3.62. The average Bonchev–Trinajstić information content (AvgIpc) is 3.61. The van der Waals surface area contributed by atoms with Crippen LogP contribution in [0.15, 0.2) is 200 Å². The summed E-state index contributed by atoms with van der Waals surface area (Å²) in [5.41, 5.74) is 13.0. The van der Waals surface area contributed by atoms with Crippen molar-refractivity contribution in [3.05, 3.63) is 200 Å². The predicted octanol–water partition coefficient (Wildman–Crippen LogP) is 12.4. The number of fused-ring (bicyclic) bond motifs is 3. The molecule has 10 aromatic rings. The molecule has 0 fully saturated rings. The van der Waals surface area contributed by atoms with Crippen LogP contribution >= 0.6 is 0 Å². The van der Waals surface area contributed by atoms with Crippen molar-refractivity contribution in [3.63, 3.8) is 0 Å². The quantitative estimate of drug-likeness (QED) is 0.166. The number of para-hydroxylation sites is 2. The number of rotatable bonds is 7. The summed E-state index contributed by atoms with van der Waals surface area (Å²) in [6, 6.07) is 65.7. The van der Waals surface area contributed by atoms with E-state index in [1.807, 2.05) is 60.9 Å². The van der Waals surface area contributed by atoms with Crippen LogP contribution in [0, 0.1) is 0 Å². The minimum atomic E-state index is 0.623. The molecule has 0 saturated heterocycles. The van der Waals surface area contributed by atoms with Crippen LogP contribution in [0.1, 0.15) is 0 Å². The van der Waals surface area contributed by atoms with Gasteiger partial charge in [0.15, 0.2) is 17.5 Å². The smallest absolute Gasteiger partial charge is 0.164 e. The van der Waals surface area contributed by atoms with E-state index in [0.717, 1.165) is 50.2 Å². The summed E-state index contributed by atoms with van der Waals surface area (Å²) < 4.78 is 2.36. The van der Waals surface area contributed by atoms with E-state index in [4.69, 9.17) is 15.0 Å². The molecule has 0 atom stereocenters. The topological polar surface area (TPSA) is 56.5 Å². The first-order valence-electron chi connectivity index (χ1n) is 18.4. The predicted molar refractivity (Wildman–Crippen MR) is 225 cm³/mol. The van der Waals surface area contributed by atoms with Crippen molar-refractivity contribution in [2.45, 2.75) is 0 Å². The SMILES string of the molecule is c1ccc(-c2nc(-c3cccc(-c4ccncc4)c3)nc(-c3cccc(-c4ccc(-c5ccc6c7ccccc7n(-c7ccccc7)c6c5)cc4)c3)n2)cc1. The molecule has 0 unspecified atom stereocenters. The monoisotopic (exact) mass is 703 g/mol. The van der Waals surface area contributed by atoms with Crippen LogP contribution in [0.2, 0.25) is 0 Å². The third kappa shape index (κ3) is 6.14. The van der Waals surface area contributed by atoms with Gasteiger partial charge in [0.1, 0.15) is 0 Å². The molecule has 0 bridgehead atoms. The van der Waals surface area contributed by atoms with Gasteiger partial charge in [0, 0.05) is 45.5 Å². The lowest BCUT2D eigenvalue weighted by Gasteiger charge is -2.11. The van der Waals surface area contributed by atoms with Crippen molar-refractivity contribution in [1.29, 1.82) is 0 Å². The van der Waals surface area contributed by atoms with Crippen LogP contribution in [0.4, 0.5) is 0 Å². The van der Waals surface area contributed by atoms with Gasteiger partial charge in [-0.3, -0.25) is 4.98 Å². The fourth-order valence-electron chi connectivity index (χ4n) is 7.43. The number of pyridine rings is 1. The van der Waals surface area contributed by atoms with E-state index in [2.05, 4.69) is 149 Å². The molecule has 0 amide bonds. The highest BCUT2D eigenvalue weighted by Crippen LogP contribution is 2.36. The molecule has 5 nitrogen and oxygen atoms in total. The van der Waals surface area contributed by atoms with E-state index in [1.54, 1.807) is 0 Å². The third-order valence-electron chi connectivity index (χ3n) is 10.2. The summed E-state index contributed by atoms with van der Waals surface area (Å²) in [6.45, 7) is 0. The Kier molecular flexibility index (Phi) is 8.08. The van der Waals surface area contributed by atoms with Gasteiger partial charge in [0.05, 0.1) is 11.0 Å². The van der Waals surface area contributed by atoms with E-state index in [9.17, 15) is 0 Å². The minimum absolute atomic E-state index is 0.623. The fourth-order valence-corrected chi connectivity index (χ4v) is 7.43. The number of hydrogen-bond donors (Lipinski definition) is 0. The summed E-state index contributed by atoms with van der Waals surface area (Å²) in [4.78, 5) is 19.2. The first-order chi connectivity index (χ1) is 27.2. The van der Waals surface area contributed by atoms with Crippen molar-refractivity contribution in [3.8, 4) is 73.2 Å². The molecule has 0 radical (unpaired) electrons. The molecule has 0 aliphatic rings. The Morgan fingerprint density at radius 2 is 0.745 bits per heavy atom. The van der Waals surface area contributed by atoms with Gasteiger partial charge >= 0.3 is 0 Å². The summed E-state index contributed by atoms with van der Waals surface area (Å²) in [5.74, 6) is 1.88. The Hall–Kier alpha value is -7.50. The van der Waals surface area contributed by atoms with Crippen LogP contribution in [0.25, 0.3) is 95.0 Å². The van der Waals surface area contributed by atoms with Gasteiger partial charge < -0.3 is 4.57 Å². The highest BCUT2D eigenvalue weighted by molar-refractivity contribution is 6.10. The van der Waals surface area contributed by atoms with Crippen molar-refractivity contribution in [2.75, 3.05) is 0 Å². The van der Waals surface area contributed by atoms with Gasteiger partial charge in [-0.25, -0.2) is 15.0 Å². The average molecular weight is 704 g/mol. The van der Waals surface area contributed by atoms with Gasteiger partial charge in [0.2, 0.25) is 0 Å². The second-order valence-corrected chi connectivity index (χ2v) is 13.6. The minimum Gasteiger partial charge on any atom is -0.309 e. The lowest BCUT2D eigenvalue weighted by atomic mass is 9.98. The van der Waals surface area contributed by atoms with Crippen LogP contribution in [0.5, 0.6) is 0 Å². The van der Waals surface area contributed by atoms with Gasteiger partial charge in [-0.15, -0.1) is 0 Å². The lowest BCUT2D eigenvalue weighted by Crippen LogP contribution is -2.00. The lowest BCUT2D eigenvalue weighted by molar-refractivity contribution is 1.07.